The number of ether oxygens (including phenoxy) is 1. The van der Waals surface area contributed by atoms with Crippen LogP contribution in [0.4, 0.5) is 4.79 Å². The maximum atomic E-state index is 12.0. The first-order valence-electron chi connectivity index (χ1n) is 6.25. The summed E-state index contributed by atoms with van der Waals surface area (Å²) in [7, 11) is 0. The molecule has 2 saturated heterocycles. The van der Waals surface area contributed by atoms with Crippen molar-refractivity contribution in [1.82, 2.24) is 10.2 Å². The van der Waals surface area contributed by atoms with Crippen LogP contribution in [0, 0.1) is 11.8 Å². The molecular weight excluding hydrogens is 204 g/mol. The highest BCUT2D eigenvalue weighted by Crippen LogP contribution is 2.32. The summed E-state index contributed by atoms with van der Waals surface area (Å²) < 4.78 is 5.33. The second kappa shape index (κ2) is 4.62. The van der Waals surface area contributed by atoms with Crippen molar-refractivity contribution >= 4 is 6.09 Å². The number of rotatable bonds is 2. The summed E-state index contributed by atoms with van der Waals surface area (Å²) in [6, 6.07) is 0.687. The van der Waals surface area contributed by atoms with Crippen LogP contribution >= 0.6 is 0 Å². The van der Waals surface area contributed by atoms with Crippen molar-refractivity contribution in [2.24, 2.45) is 11.8 Å². The van der Waals surface area contributed by atoms with Crippen LogP contribution in [0.25, 0.3) is 0 Å². The van der Waals surface area contributed by atoms with E-state index in [1.165, 1.54) is 0 Å². The van der Waals surface area contributed by atoms with Crippen LogP contribution in [0.15, 0.2) is 0 Å². The molecule has 2 rings (SSSR count). The summed E-state index contributed by atoms with van der Waals surface area (Å²) in [6.45, 7) is 8.72. The van der Waals surface area contributed by atoms with Crippen molar-refractivity contribution in [3.05, 3.63) is 0 Å². The number of hydrogen-bond acceptors (Lipinski definition) is 3. The minimum absolute atomic E-state index is 0.127. The van der Waals surface area contributed by atoms with Gasteiger partial charge in [0, 0.05) is 19.1 Å². The lowest BCUT2D eigenvalue weighted by Gasteiger charge is -2.27. The van der Waals surface area contributed by atoms with E-state index in [-0.39, 0.29) is 6.09 Å². The van der Waals surface area contributed by atoms with Gasteiger partial charge in [-0.1, -0.05) is 13.8 Å². The molecule has 16 heavy (non-hydrogen) atoms. The van der Waals surface area contributed by atoms with Gasteiger partial charge in [0.1, 0.15) is 0 Å². The third-order valence-corrected chi connectivity index (χ3v) is 3.53. The van der Waals surface area contributed by atoms with E-state index in [9.17, 15) is 4.79 Å². The Morgan fingerprint density at radius 2 is 2.25 bits per heavy atom. The first kappa shape index (κ1) is 11.7. The molecule has 2 fully saturated rings. The standard InChI is InChI=1S/C12H22N2O2/c1-8(2)7-16-12(15)14-9(3)4-10-5-13-6-11(10)14/h8-11,13H,4-7H2,1-3H3/t9-,10+,11+/m1/s1. The summed E-state index contributed by atoms with van der Waals surface area (Å²) in [5.74, 6) is 1.03. The molecule has 2 aliphatic heterocycles. The number of hydrogen-bond donors (Lipinski definition) is 1. The van der Waals surface area contributed by atoms with Crippen LogP contribution in [-0.2, 0) is 4.74 Å². The van der Waals surface area contributed by atoms with Gasteiger partial charge in [0.25, 0.3) is 0 Å². The van der Waals surface area contributed by atoms with E-state index in [1.54, 1.807) is 0 Å². The van der Waals surface area contributed by atoms with Crippen molar-refractivity contribution in [2.75, 3.05) is 19.7 Å². The second-order valence-electron chi connectivity index (χ2n) is 5.45. The molecule has 0 aliphatic carbocycles. The predicted molar refractivity (Wildman–Crippen MR) is 62.3 cm³/mol. The molecule has 4 nitrogen and oxygen atoms in total. The van der Waals surface area contributed by atoms with Crippen LogP contribution in [0.5, 0.6) is 0 Å². The van der Waals surface area contributed by atoms with Gasteiger partial charge < -0.3 is 15.0 Å². The number of likely N-dealkylation sites (tertiary alicyclic amines) is 1. The summed E-state index contributed by atoms with van der Waals surface area (Å²) in [5, 5.41) is 3.35. The zero-order chi connectivity index (χ0) is 11.7. The SMILES string of the molecule is CC(C)COC(=O)N1[C@H](C)C[C@H]2CNC[C@@H]21. The third-order valence-electron chi connectivity index (χ3n) is 3.53. The second-order valence-corrected chi connectivity index (χ2v) is 5.45. The average molecular weight is 226 g/mol. The highest BCUT2D eigenvalue weighted by atomic mass is 16.6. The number of carbonyl (C=O) groups excluding carboxylic acids is 1. The minimum atomic E-state index is -0.127. The largest absolute Gasteiger partial charge is 0.449 e. The van der Waals surface area contributed by atoms with Gasteiger partial charge in [-0.25, -0.2) is 4.79 Å². The number of carbonyl (C=O) groups is 1. The Bertz CT molecular complexity index is 268. The Labute approximate surface area is 97.3 Å². The summed E-state index contributed by atoms with van der Waals surface area (Å²) >= 11 is 0. The lowest BCUT2D eigenvalue weighted by atomic mass is 10.0. The van der Waals surface area contributed by atoms with E-state index in [0.717, 1.165) is 19.5 Å². The summed E-state index contributed by atoms with van der Waals surface area (Å²) in [4.78, 5) is 13.9. The van der Waals surface area contributed by atoms with Crippen LogP contribution in [0.3, 0.4) is 0 Å². The third kappa shape index (κ3) is 2.17. The van der Waals surface area contributed by atoms with E-state index in [2.05, 4.69) is 26.1 Å². The fourth-order valence-electron chi connectivity index (χ4n) is 2.79. The highest BCUT2D eigenvalue weighted by molar-refractivity contribution is 5.69. The fourth-order valence-corrected chi connectivity index (χ4v) is 2.79. The molecular formula is C12H22N2O2. The highest BCUT2D eigenvalue weighted by Gasteiger charge is 2.44. The maximum Gasteiger partial charge on any atom is 0.410 e. The Morgan fingerprint density at radius 3 is 2.94 bits per heavy atom. The topological polar surface area (TPSA) is 41.6 Å². The first-order chi connectivity index (χ1) is 7.59. The first-order valence-corrected chi connectivity index (χ1v) is 6.25. The summed E-state index contributed by atoms with van der Waals surface area (Å²) in [6.07, 6.45) is 0.978. The van der Waals surface area contributed by atoms with Crippen molar-refractivity contribution < 1.29 is 9.53 Å². The van der Waals surface area contributed by atoms with E-state index in [0.29, 0.717) is 30.5 Å². The van der Waals surface area contributed by atoms with Crippen molar-refractivity contribution in [3.63, 3.8) is 0 Å². The van der Waals surface area contributed by atoms with Gasteiger partial charge in [0.2, 0.25) is 0 Å². The molecule has 0 saturated carbocycles. The van der Waals surface area contributed by atoms with Crippen LogP contribution in [0.2, 0.25) is 0 Å². The van der Waals surface area contributed by atoms with Crippen molar-refractivity contribution in [2.45, 2.75) is 39.3 Å². The van der Waals surface area contributed by atoms with Gasteiger partial charge in [0.05, 0.1) is 12.6 Å². The Kier molecular flexibility index (Phi) is 3.38. The van der Waals surface area contributed by atoms with Gasteiger partial charge in [-0.05, 0) is 25.2 Å². The van der Waals surface area contributed by atoms with Gasteiger partial charge in [-0.2, -0.15) is 0 Å². The molecule has 92 valence electrons. The molecule has 0 bridgehead atoms. The number of nitrogens with zero attached hydrogens (tertiary/aromatic N) is 1. The summed E-state index contributed by atoms with van der Waals surface area (Å²) in [5.41, 5.74) is 0. The molecule has 0 spiro atoms. The molecule has 0 aromatic rings. The molecule has 2 aliphatic rings. The molecule has 2 heterocycles. The van der Waals surface area contributed by atoms with Gasteiger partial charge in [-0.3, -0.25) is 0 Å². The number of amides is 1. The van der Waals surface area contributed by atoms with Crippen LogP contribution < -0.4 is 5.32 Å². The fraction of sp³-hybridized carbons (Fsp3) is 0.917. The Hall–Kier alpha value is -0.770. The molecule has 3 atom stereocenters. The van der Waals surface area contributed by atoms with E-state index in [1.807, 2.05) is 4.90 Å². The van der Waals surface area contributed by atoms with Crippen LogP contribution in [0.1, 0.15) is 27.2 Å². The van der Waals surface area contributed by atoms with Crippen molar-refractivity contribution in [1.29, 1.82) is 0 Å². The zero-order valence-electron chi connectivity index (χ0n) is 10.4. The molecule has 0 unspecified atom stereocenters. The van der Waals surface area contributed by atoms with E-state index in [4.69, 9.17) is 4.74 Å². The van der Waals surface area contributed by atoms with Gasteiger partial charge >= 0.3 is 6.09 Å². The van der Waals surface area contributed by atoms with Crippen LogP contribution in [-0.4, -0.2) is 42.8 Å². The molecule has 1 amide bonds. The van der Waals surface area contributed by atoms with Gasteiger partial charge in [0.15, 0.2) is 0 Å². The molecule has 0 radical (unpaired) electrons. The minimum Gasteiger partial charge on any atom is -0.449 e. The normalized spacial score (nSPS) is 33.2. The number of fused-ring (bicyclic) bond motifs is 1. The van der Waals surface area contributed by atoms with Gasteiger partial charge in [-0.15, -0.1) is 0 Å². The van der Waals surface area contributed by atoms with Crippen molar-refractivity contribution in [3.8, 4) is 0 Å². The Balaban J connectivity index is 1.94. The molecule has 0 aromatic heterocycles. The average Bonchev–Trinajstić information content (AvgIpc) is 2.73. The lowest BCUT2D eigenvalue weighted by Crippen LogP contribution is -2.43. The number of nitrogens with one attached hydrogen (secondary N) is 1. The smallest absolute Gasteiger partial charge is 0.410 e. The van der Waals surface area contributed by atoms with E-state index >= 15 is 0 Å². The zero-order valence-corrected chi connectivity index (χ0v) is 10.4. The quantitative estimate of drug-likeness (QED) is 0.775. The molecule has 4 heteroatoms. The Morgan fingerprint density at radius 1 is 1.50 bits per heavy atom. The lowest BCUT2D eigenvalue weighted by molar-refractivity contribution is 0.0778. The molecule has 1 N–H and O–H groups in total. The monoisotopic (exact) mass is 226 g/mol. The predicted octanol–water partition coefficient (Wildman–Crippen LogP) is 1.46. The molecule has 0 aromatic carbocycles. The maximum absolute atomic E-state index is 12.0. The van der Waals surface area contributed by atoms with E-state index < -0.39 is 0 Å².